The summed E-state index contributed by atoms with van der Waals surface area (Å²) >= 11 is 5.75. The van der Waals surface area contributed by atoms with E-state index in [2.05, 4.69) is 5.32 Å². The number of ether oxygens (including phenoxy) is 2. The molecule has 2 aromatic carbocycles. The van der Waals surface area contributed by atoms with E-state index >= 15 is 0 Å². The summed E-state index contributed by atoms with van der Waals surface area (Å²) in [6.07, 6.45) is 2.77. The van der Waals surface area contributed by atoms with Crippen molar-refractivity contribution in [2.75, 3.05) is 19.8 Å². The number of halogens is 1. The number of nitrogens with one attached hydrogen (secondary N) is 1. The molecule has 0 aliphatic carbocycles. The van der Waals surface area contributed by atoms with Crippen molar-refractivity contribution in [3.8, 4) is 11.5 Å². The van der Waals surface area contributed by atoms with E-state index in [4.69, 9.17) is 21.1 Å². The number of carbonyl (C=O) groups is 1. The fourth-order valence-electron chi connectivity index (χ4n) is 2.15. The summed E-state index contributed by atoms with van der Waals surface area (Å²) in [5.41, 5.74) is 0.301. The predicted octanol–water partition coefficient (Wildman–Crippen LogP) is 3.86. The minimum Gasteiger partial charge on any atom is -0.494 e. The largest absolute Gasteiger partial charge is 0.494 e. The Balaban J connectivity index is 1.76. The molecule has 0 spiro atoms. The maximum Gasteiger partial charge on any atom is 0.288 e. The molecule has 0 unspecified atom stereocenters. The summed E-state index contributed by atoms with van der Waals surface area (Å²) in [6, 6.07) is 11.5. The van der Waals surface area contributed by atoms with Gasteiger partial charge in [-0.2, -0.15) is 0 Å². The van der Waals surface area contributed by atoms with Gasteiger partial charge >= 0.3 is 0 Å². The zero-order chi connectivity index (χ0) is 19.6. The first-order valence-corrected chi connectivity index (χ1v) is 8.63. The molecular formula is C19H19ClN2O5. The molecule has 7 nitrogen and oxygen atoms in total. The highest BCUT2D eigenvalue weighted by atomic mass is 35.5. The normalized spacial score (nSPS) is 10.6. The highest BCUT2D eigenvalue weighted by molar-refractivity contribution is 6.32. The molecule has 1 N–H and O–H groups in total. The van der Waals surface area contributed by atoms with Crippen LogP contribution in [0.15, 0.2) is 48.5 Å². The molecule has 0 atom stereocenters. The van der Waals surface area contributed by atoms with Crippen molar-refractivity contribution < 1.29 is 19.2 Å². The highest BCUT2D eigenvalue weighted by Gasteiger charge is 2.11. The topological polar surface area (TPSA) is 90.7 Å². The number of nitrogens with zero attached hydrogens (tertiary/aromatic N) is 1. The van der Waals surface area contributed by atoms with E-state index in [0.29, 0.717) is 31.1 Å². The van der Waals surface area contributed by atoms with Gasteiger partial charge in [-0.3, -0.25) is 14.9 Å². The molecule has 8 heteroatoms. The maximum absolute atomic E-state index is 11.8. The second kappa shape index (κ2) is 10.2. The molecule has 27 heavy (non-hydrogen) atoms. The minimum absolute atomic E-state index is 0.0491. The molecular weight excluding hydrogens is 372 g/mol. The second-order valence-corrected chi connectivity index (χ2v) is 5.75. The van der Waals surface area contributed by atoms with Crippen LogP contribution in [0, 0.1) is 10.1 Å². The quantitative estimate of drug-likeness (QED) is 0.304. The molecule has 0 radical (unpaired) electrons. The minimum atomic E-state index is -0.571. The summed E-state index contributed by atoms with van der Waals surface area (Å²) < 4.78 is 10.9. The molecule has 2 rings (SSSR count). The van der Waals surface area contributed by atoms with E-state index in [-0.39, 0.29) is 16.6 Å². The summed E-state index contributed by atoms with van der Waals surface area (Å²) in [5.74, 6) is 1.12. The number of nitro benzene ring substituents is 1. The lowest BCUT2D eigenvalue weighted by Crippen LogP contribution is -2.26. The van der Waals surface area contributed by atoms with Gasteiger partial charge in [0.1, 0.15) is 23.1 Å². The van der Waals surface area contributed by atoms with Gasteiger partial charge in [0.2, 0.25) is 5.91 Å². The van der Waals surface area contributed by atoms with Crippen LogP contribution in [0.1, 0.15) is 12.5 Å². The van der Waals surface area contributed by atoms with Crippen molar-refractivity contribution in [2.45, 2.75) is 6.92 Å². The zero-order valence-electron chi connectivity index (χ0n) is 14.7. The molecule has 0 aromatic heterocycles. The van der Waals surface area contributed by atoms with Crippen molar-refractivity contribution in [1.29, 1.82) is 0 Å². The van der Waals surface area contributed by atoms with Crippen LogP contribution in [0.2, 0.25) is 5.02 Å². The van der Waals surface area contributed by atoms with Crippen LogP contribution in [0.25, 0.3) is 6.08 Å². The van der Waals surface area contributed by atoms with Crippen molar-refractivity contribution in [1.82, 2.24) is 5.32 Å². The van der Waals surface area contributed by atoms with E-state index < -0.39 is 4.92 Å². The first-order valence-electron chi connectivity index (χ1n) is 8.25. The Labute approximate surface area is 161 Å². The Hall–Kier alpha value is -3.06. The molecule has 0 bridgehead atoms. The third-order valence-electron chi connectivity index (χ3n) is 3.40. The number of amides is 1. The van der Waals surface area contributed by atoms with Crippen LogP contribution in [-0.2, 0) is 4.79 Å². The van der Waals surface area contributed by atoms with E-state index in [0.717, 1.165) is 5.75 Å². The number of hydrogen-bond donors (Lipinski definition) is 1. The molecule has 2 aromatic rings. The van der Waals surface area contributed by atoms with E-state index in [9.17, 15) is 14.9 Å². The number of benzene rings is 2. The van der Waals surface area contributed by atoms with Crippen LogP contribution in [-0.4, -0.2) is 30.6 Å². The van der Waals surface area contributed by atoms with Gasteiger partial charge in [0.05, 0.1) is 18.1 Å². The van der Waals surface area contributed by atoms with E-state index in [1.165, 1.54) is 24.3 Å². The van der Waals surface area contributed by atoms with Gasteiger partial charge in [-0.15, -0.1) is 0 Å². The summed E-state index contributed by atoms with van der Waals surface area (Å²) in [6.45, 7) is 3.13. The summed E-state index contributed by atoms with van der Waals surface area (Å²) in [4.78, 5) is 22.1. The molecule has 142 valence electrons. The van der Waals surface area contributed by atoms with Crippen molar-refractivity contribution in [3.63, 3.8) is 0 Å². The van der Waals surface area contributed by atoms with Gasteiger partial charge in [0.15, 0.2) is 0 Å². The van der Waals surface area contributed by atoms with Crippen LogP contribution in [0.4, 0.5) is 5.69 Å². The van der Waals surface area contributed by atoms with Gasteiger partial charge in [-0.05, 0) is 48.9 Å². The molecule has 0 aliphatic heterocycles. The predicted molar refractivity (Wildman–Crippen MR) is 103 cm³/mol. The summed E-state index contributed by atoms with van der Waals surface area (Å²) in [5, 5.41) is 13.6. The Bertz CT molecular complexity index is 821. The Kier molecular flexibility index (Phi) is 7.63. The Morgan fingerprint density at radius 3 is 2.48 bits per heavy atom. The smallest absolute Gasteiger partial charge is 0.288 e. The lowest BCUT2D eigenvalue weighted by molar-refractivity contribution is -0.384. The number of nitro groups is 1. The fraction of sp³-hybridized carbons (Fsp3) is 0.211. The fourth-order valence-corrected chi connectivity index (χ4v) is 2.33. The van der Waals surface area contributed by atoms with Gasteiger partial charge in [-0.1, -0.05) is 17.7 Å². The number of rotatable bonds is 9. The average molecular weight is 391 g/mol. The SMILES string of the molecule is CCOc1ccc(OCCNC(=O)/C=C/c2ccc(Cl)c([N+](=O)[O-])c2)cc1. The molecule has 0 aliphatic rings. The van der Waals surface area contributed by atoms with E-state index in [1.54, 1.807) is 18.2 Å². The van der Waals surface area contributed by atoms with Crippen molar-refractivity contribution in [3.05, 3.63) is 69.2 Å². The zero-order valence-corrected chi connectivity index (χ0v) is 15.4. The van der Waals surface area contributed by atoms with Crippen molar-refractivity contribution in [2.24, 2.45) is 0 Å². The highest BCUT2D eigenvalue weighted by Crippen LogP contribution is 2.25. The third kappa shape index (κ3) is 6.63. The standard InChI is InChI=1S/C19H19ClN2O5/c1-2-26-15-5-7-16(8-6-15)27-12-11-21-19(23)10-4-14-3-9-17(20)18(13-14)22(24)25/h3-10,13H,2,11-12H2,1H3,(H,21,23)/b10-4+. The molecule has 0 heterocycles. The van der Waals surface area contributed by atoms with Crippen LogP contribution in [0.3, 0.4) is 0 Å². The molecule has 0 saturated heterocycles. The first-order chi connectivity index (χ1) is 13.0. The summed E-state index contributed by atoms with van der Waals surface area (Å²) in [7, 11) is 0. The third-order valence-corrected chi connectivity index (χ3v) is 3.72. The lowest BCUT2D eigenvalue weighted by atomic mass is 10.2. The van der Waals surface area contributed by atoms with Crippen molar-refractivity contribution >= 4 is 29.3 Å². The van der Waals surface area contributed by atoms with Crippen LogP contribution < -0.4 is 14.8 Å². The molecule has 0 fully saturated rings. The van der Waals surface area contributed by atoms with Gasteiger partial charge < -0.3 is 14.8 Å². The molecule has 1 amide bonds. The van der Waals surface area contributed by atoms with Gasteiger partial charge in [-0.25, -0.2) is 0 Å². The Morgan fingerprint density at radius 1 is 1.19 bits per heavy atom. The van der Waals surface area contributed by atoms with Crippen LogP contribution >= 0.6 is 11.6 Å². The number of hydrogen-bond acceptors (Lipinski definition) is 5. The lowest BCUT2D eigenvalue weighted by Gasteiger charge is -2.08. The second-order valence-electron chi connectivity index (χ2n) is 5.35. The molecule has 0 saturated carbocycles. The van der Waals surface area contributed by atoms with Gasteiger partial charge in [0, 0.05) is 12.1 Å². The Morgan fingerprint density at radius 2 is 1.85 bits per heavy atom. The average Bonchev–Trinajstić information content (AvgIpc) is 2.66. The van der Waals surface area contributed by atoms with E-state index in [1.807, 2.05) is 19.1 Å². The monoisotopic (exact) mass is 390 g/mol. The maximum atomic E-state index is 11.8. The first kappa shape index (κ1) is 20.3. The van der Waals surface area contributed by atoms with Crippen LogP contribution in [0.5, 0.6) is 11.5 Å². The number of carbonyl (C=O) groups excluding carboxylic acids is 1. The van der Waals surface area contributed by atoms with Gasteiger partial charge in [0.25, 0.3) is 5.69 Å².